The molecule has 2 nitrogen and oxygen atoms in total. The van der Waals surface area contributed by atoms with Crippen LogP contribution in [0.5, 0.6) is 0 Å². The van der Waals surface area contributed by atoms with Crippen molar-refractivity contribution in [1.29, 1.82) is 5.26 Å². The van der Waals surface area contributed by atoms with Gasteiger partial charge in [0.2, 0.25) is 0 Å². The lowest BCUT2D eigenvalue weighted by molar-refractivity contribution is 0.603. The van der Waals surface area contributed by atoms with Gasteiger partial charge in [-0.25, -0.2) is 4.39 Å². The van der Waals surface area contributed by atoms with Gasteiger partial charge in [0, 0.05) is 21.9 Å². The SMILES string of the molecule is CC(C)(C)Sc1c(F)cc2cnsc2c1-c1ccc(C#N)cc1. The second-order valence-electron chi connectivity index (χ2n) is 6.21. The monoisotopic (exact) mass is 342 g/mol. The van der Waals surface area contributed by atoms with Crippen molar-refractivity contribution in [2.45, 2.75) is 30.4 Å². The van der Waals surface area contributed by atoms with Crippen LogP contribution in [-0.2, 0) is 0 Å². The van der Waals surface area contributed by atoms with Crippen LogP contribution in [0.4, 0.5) is 4.39 Å². The number of thioether (sulfide) groups is 1. The lowest BCUT2D eigenvalue weighted by atomic mass is 10.0. The van der Waals surface area contributed by atoms with Gasteiger partial charge >= 0.3 is 0 Å². The van der Waals surface area contributed by atoms with Gasteiger partial charge in [-0.1, -0.05) is 32.9 Å². The summed E-state index contributed by atoms with van der Waals surface area (Å²) >= 11 is 2.89. The predicted octanol–water partition coefficient (Wildman–Crippen LogP) is 5.86. The molecule has 0 saturated carbocycles. The minimum Gasteiger partial charge on any atom is -0.206 e. The number of nitriles is 1. The van der Waals surface area contributed by atoms with Crippen LogP contribution in [-0.4, -0.2) is 9.12 Å². The maximum atomic E-state index is 14.7. The molecule has 0 aliphatic carbocycles. The summed E-state index contributed by atoms with van der Waals surface area (Å²) in [4.78, 5) is 0.638. The van der Waals surface area contributed by atoms with E-state index in [0.29, 0.717) is 10.5 Å². The fraction of sp³-hybridized carbons (Fsp3) is 0.222. The molecule has 0 unspecified atom stereocenters. The van der Waals surface area contributed by atoms with Gasteiger partial charge in [-0.05, 0) is 35.3 Å². The van der Waals surface area contributed by atoms with E-state index in [2.05, 4.69) is 31.2 Å². The van der Waals surface area contributed by atoms with E-state index in [-0.39, 0.29) is 10.6 Å². The molecule has 3 aromatic rings. The van der Waals surface area contributed by atoms with Gasteiger partial charge < -0.3 is 0 Å². The van der Waals surface area contributed by atoms with Crippen LogP contribution in [0.2, 0.25) is 0 Å². The second kappa shape index (κ2) is 5.95. The van der Waals surface area contributed by atoms with Crippen molar-refractivity contribution in [3.8, 4) is 17.2 Å². The Morgan fingerprint density at radius 1 is 1.22 bits per heavy atom. The first-order chi connectivity index (χ1) is 10.9. The van der Waals surface area contributed by atoms with Gasteiger partial charge in [-0.3, -0.25) is 0 Å². The Morgan fingerprint density at radius 3 is 2.52 bits per heavy atom. The van der Waals surface area contributed by atoms with Crippen LogP contribution in [0, 0.1) is 17.1 Å². The van der Waals surface area contributed by atoms with E-state index >= 15 is 0 Å². The van der Waals surface area contributed by atoms with Crippen LogP contribution < -0.4 is 0 Å². The van der Waals surface area contributed by atoms with E-state index in [1.54, 1.807) is 24.4 Å². The average Bonchev–Trinajstić information content (AvgIpc) is 2.94. The van der Waals surface area contributed by atoms with E-state index in [9.17, 15) is 4.39 Å². The largest absolute Gasteiger partial charge is 0.206 e. The van der Waals surface area contributed by atoms with Gasteiger partial charge in [-0.15, -0.1) is 11.8 Å². The van der Waals surface area contributed by atoms with Gasteiger partial charge in [0.05, 0.1) is 21.2 Å². The number of benzene rings is 2. The summed E-state index contributed by atoms with van der Waals surface area (Å²) in [6.45, 7) is 6.20. The molecule has 1 heterocycles. The summed E-state index contributed by atoms with van der Waals surface area (Å²) in [6, 6.07) is 10.9. The average molecular weight is 342 g/mol. The topological polar surface area (TPSA) is 36.7 Å². The van der Waals surface area contributed by atoms with E-state index in [0.717, 1.165) is 21.2 Å². The van der Waals surface area contributed by atoms with Crippen molar-refractivity contribution in [3.05, 3.63) is 47.9 Å². The molecular formula is C18H15FN2S2. The highest BCUT2D eigenvalue weighted by molar-refractivity contribution is 8.00. The highest BCUT2D eigenvalue weighted by atomic mass is 32.2. The quantitative estimate of drug-likeness (QED) is 0.547. The third kappa shape index (κ3) is 3.24. The molecule has 0 fully saturated rings. The number of halogens is 1. The van der Waals surface area contributed by atoms with Crippen molar-refractivity contribution in [2.24, 2.45) is 0 Å². The minimum absolute atomic E-state index is 0.111. The maximum absolute atomic E-state index is 14.7. The molecule has 23 heavy (non-hydrogen) atoms. The van der Waals surface area contributed by atoms with Gasteiger partial charge in [0.15, 0.2) is 0 Å². The van der Waals surface area contributed by atoms with E-state index in [1.165, 1.54) is 23.3 Å². The zero-order chi connectivity index (χ0) is 16.6. The number of nitrogens with zero attached hydrogens (tertiary/aromatic N) is 2. The van der Waals surface area contributed by atoms with Crippen LogP contribution in [0.15, 0.2) is 41.4 Å². The lowest BCUT2D eigenvalue weighted by Crippen LogP contribution is -2.08. The fourth-order valence-corrected chi connectivity index (χ4v) is 4.30. The number of rotatable bonds is 2. The molecule has 5 heteroatoms. The van der Waals surface area contributed by atoms with Gasteiger partial charge in [0.25, 0.3) is 0 Å². The molecule has 0 atom stereocenters. The lowest BCUT2D eigenvalue weighted by Gasteiger charge is -2.21. The molecule has 1 aromatic heterocycles. The van der Waals surface area contributed by atoms with Crippen molar-refractivity contribution < 1.29 is 4.39 Å². The molecule has 2 aromatic carbocycles. The predicted molar refractivity (Wildman–Crippen MR) is 95.3 cm³/mol. The van der Waals surface area contributed by atoms with E-state index in [4.69, 9.17) is 5.26 Å². The third-order valence-corrected chi connectivity index (χ3v) is 5.31. The molecule has 116 valence electrons. The molecule has 0 spiro atoms. The van der Waals surface area contributed by atoms with Crippen LogP contribution in [0.1, 0.15) is 26.3 Å². The maximum Gasteiger partial charge on any atom is 0.138 e. The summed E-state index contributed by atoms with van der Waals surface area (Å²) in [6.07, 6.45) is 1.70. The summed E-state index contributed by atoms with van der Waals surface area (Å²) < 4.78 is 19.8. The molecule has 0 bridgehead atoms. The zero-order valence-electron chi connectivity index (χ0n) is 13.1. The standard InChI is InChI=1S/C18H15FN2S2/c1-18(2,3)22-17-14(19)8-13-10-21-23-16(13)15(17)12-6-4-11(9-20)5-7-12/h4-8,10H,1-3H3. The molecule has 0 amide bonds. The molecule has 0 saturated heterocycles. The Labute approximate surface area is 143 Å². The van der Waals surface area contributed by atoms with Crippen LogP contribution in [0.25, 0.3) is 21.2 Å². The molecule has 0 N–H and O–H groups in total. The highest BCUT2D eigenvalue weighted by Crippen LogP contribution is 2.45. The van der Waals surface area contributed by atoms with Gasteiger partial charge in [0.1, 0.15) is 5.82 Å². The zero-order valence-corrected chi connectivity index (χ0v) is 14.7. The number of fused-ring (bicyclic) bond motifs is 1. The van der Waals surface area contributed by atoms with Crippen molar-refractivity contribution in [1.82, 2.24) is 4.37 Å². The van der Waals surface area contributed by atoms with Crippen LogP contribution >= 0.6 is 23.3 Å². The van der Waals surface area contributed by atoms with Gasteiger partial charge in [-0.2, -0.15) is 9.64 Å². The Morgan fingerprint density at radius 2 is 1.91 bits per heavy atom. The summed E-state index contributed by atoms with van der Waals surface area (Å²) in [5, 5.41) is 9.78. The number of hydrogen-bond acceptors (Lipinski definition) is 4. The summed E-state index contributed by atoms with van der Waals surface area (Å²) in [5.74, 6) is -0.225. The third-order valence-electron chi connectivity index (χ3n) is 3.26. The first-order valence-corrected chi connectivity index (χ1v) is 8.74. The fourth-order valence-electron chi connectivity index (χ4n) is 2.34. The first-order valence-electron chi connectivity index (χ1n) is 7.15. The Bertz CT molecular complexity index is 900. The summed E-state index contributed by atoms with van der Waals surface area (Å²) in [5.41, 5.74) is 2.37. The molecule has 0 aliphatic heterocycles. The Balaban J connectivity index is 2.28. The van der Waals surface area contributed by atoms with Crippen LogP contribution in [0.3, 0.4) is 0 Å². The molecular weight excluding hydrogens is 327 g/mol. The van der Waals surface area contributed by atoms with E-state index < -0.39 is 0 Å². The number of hydrogen-bond donors (Lipinski definition) is 0. The van der Waals surface area contributed by atoms with Crippen molar-refractivity contribution >= 4 is 33.4 Å². The minimum atomic E-state index is -0.225. The van der Waals surface area contributed by atoms with Crippen molar-refractivity contribution in [3.63, 3.8) is 0 Å². The smallest absolute Gasteiger partial charge is 0.138 e. The Kier molecular flexibility index (Phi) is 4.13. The normalized spacial score (nSPS) is 11.6. The second-order valence-corrected chi connectivity index (χ2v) is 8.85. The first kappa shape index (κ1) is 16.0. The van der Waals surface area contributed by atoms with E-state index in [1.807, 2.05) is 12.1 Å². The molecule has 0 aliphatic rings. The number of aromatic nitrogens is 1. The van der Waals surface area contributed by atoms with Crippen molar-refractivity contribution in [2.75, 3.05) is 0 Å². The highest BCUT2D eigenvalue weighted by Gasteiger charge is 2.22. The Hall–Kier alpha value is -1.90. The molecule has 0 radical (unpaired) electrons. The summed E-state index contributed by atoms with van der Waals surface area (Å²) in [7, 11) is 0. The molecule has 3 rings (SSSR count).